The number of hydrogen-bond donors (Lipinski definition) is 2. The van der Waals surface area contributed by atoms with E-state index in [2.05, 4.69) is 30.7 Å². The molecule has 112 valence electrons. The van der Waals surface area contributed by atoms with E-state index < -0.39 is 4.92 Å². The molecule has 2 rings (SSSR count). The maximum absolute atomic E-state index is 11.1. The van der Waals surface area contributed by atoms with Crippen molar-refractivity contribution >= 4 is 17.5 Å². The molecule has 0 amide bonds. The first-order chi connectivity index (χ1) is 10.0. The molecule has 0 bridgehead atoms. The van der Waals surface area contributed by atoms with E-state index in [9.17, 15) is 10.1 Å². The van der Waals surface area contributed by atoms with E-state index >= 15 is 0 Å². The molecule has 0 saturated heterocycles. The van der Waals surface area contributed by atoms with Crippen molar-refractivity contribution in [3.05, 3.63) is 27.5 Å². The van der Waals surface area contributed by atoms with Gasteiger partial charge in [0, 0.05) is 20.0 Å². The summed E-state index contributed by atoms with van der Waals surface area (Å²) in [4.78, 5) is 22.7. The number of nitrogens with one attached hydrogen (secondary N) is 2. The van der Waals surface area contributed by atoms with Crippen LogP contribution in [0.3, 0.4) is 0 Å². The molecule has 0 aliphatic carbocycles. The molecule has 0 atom stereocenters. The summed E-state index contributed by atoms with van der Waals surface area (Å²) < 4.78 is 4.97. The van der Waals surface area contributed by atoms with Crippen LogP contribution in [0.5, 0.6) is 0 Å². The van der Waals surface area contributed by atoms with Crippen molar-refractivity contribution in [2.75, 3.05) is 24.2 Å². The van der Waals surface area contributed by atoms with E-state index in [0.29, 0.717) is 30.6 Å². The van der Waals surface area contributed by atoms with Gasteiger partial charge in [0.05, 0.1) is 4.92 Å². The van der Waals surface area contributed by atoms with Gasteiger partial charge < -0.3 is 15.2 Å². The highest BCUT2D eigenvalue weighted by Gasteiger charge is 2.21. The molecule has 2 aromatic rings. The number of rotatable bonds is 6. The summed E-state index contributed by atoms with van der Waals surface area (Å²) in [5.74, 6) is 1.48. The van der Waals surface area contributed by atoms with Crippen molar-refractivity contribution < 1.29 is 9.45 Å². The standard InChI is InChI=1S/C11H15N7O3/c1-6-9(18(19)20)10(16-11(12-3)14-6)13-5-4-8-15-7(2)17-21-8/h4-5H2,1-3H3,(H2,12,13,14,16). The van der Waals surface area contributed by atoms with Gasteiger partial charge in [-0.25, -0.2) is 4.98 Å². The van der Waals surface area contributed by atoms with E-state index in [1.54, 1.807) is 20.9 Å². The van der Waals surface area contributed by atoms with Crippen LogP contribution in [0.25, 0.3) is 0 Å². The fraction of sp³-hybridized carbons (Fsp3) is 0.455. The maximum Gasteiger partial charge on any atom is 0.332 e. The second-order valence-electron chi connectivity index (χ2n) is 4.25. The Labute approximate surface area is 120 Å². The third-order valence-electron chi connectivity index (χ3n) is 2.67. The minimum absolute atomic E-state index is 0.143. The van der Waals surface area contributed by atoms with Crippen LogP contribution < -0.4 is 10.6 Å². The molecule has 2 heterocycles. The average Bonchev–Trinajstić information content (AvgIpc) is 2.83. The third kappa shape index (κ3) is 3.41. The van der Waals surface area contributed by atoms with E-state index in [0.717, 1.165) is 0 Å². The first kappa shape index (κ1) is 14.6. The van der Waals surface area contributed by atoms with Crippen LogP contribution in [0.2, 0.25) is 0 Å². The molecule has 0 aliphatic rings. The van der Waals surface area contributed by atoms with Crippen molar-refractivity contribution in [2.45, 2.75) is 20.3 Å². The Morgan fingerprint density at radius 2 is 2.05 bits per heavy atom. The lowest BCUT2D eigenvalue weighted by atomic mass is 10.3. The van der Waals surface area contributed by atoms with Crippen LogP contribution in [-0.4, -0.2) is 38.6 Å². The van der Waals surface area contributed by atoms with Crippen molar-refractivity contribution in [2.24, 2.45) is 0 Å². The quantitative estimate of drug-likeness (QED) is 0.592. The van der Waals surface area contributed by atoms with E-state index in [1.807, 2.05) is 0 Å². The van der Waals surface area contributed by atoms with Gasteiger partial charge in [-0.05, 0) is 13.8 Å². The van der Waals surface area contributed by atoms with Crippen LogP contribution in [0, 0.1) is 24.0 Å². The summed E-state index contributed by atoms with van der Waals surface area (Å²) in [5, 5.41) is 20.4. The molecule has 0 aromatic carbocycles. The third-order valence-corrected chi connectivity index (χ3v) is 2.67. The minimum Gasteiger partial charge on any atom is -0.364 e. The number of nitrogens with zero attached hydrogens (tertiary/aromatic N) is 5. The number of nitro groups is 1. The second kappa shape index (κ2) is 6.11. The van der Waals surface area contributed by atoms with Gasteiger partial charge in [-0.1, -0.05) is 5.16 Å². The van der Waals surface area contributed by atoms with E-state index in [-0.39, 0.29) is 17.2 Å². The smallest absolute Gasteiger partial charge is 0.332 e. The molecule has 0 radical (unpaired) electrons. The molecule has 0 spiro atoms. The summed E-state index contributed by atoms with van der Waals surface area (Å²) in [6.45, 7) is 3.66. The monoisotopic (exact) mass is 293 g/mol. The average molecular weight is 293 g/mol. The predicted molar refractivity (Wildman–Crippen MR) is 74.2 cm³/mol. The van der Waals surface area contributed by atoms with Crippen LogP contribution in [-0.2, 0) is 6.42 Å². The predicted octanol–water partition coefficient (Wildman–Crippen LogP) is 1.08. The van der Waals surface area contributed by atoms with Crippen LogP contribution >= 0.6 is 0 Å². The lowest BCUT2D eigenvalue weighted by Gasteiger charge is -2.08. The Morgan fingerprint density at radius 1 is 1.29 bits per heavy atom. The van der Waals surface area contributed by atoms with Gasteiger partial charge in [0.25, 0.3) is 0 Å². The zero-order valence-corrected chi connectivity index (χ0v) is 11.9. The normalized spacial score (nSPS) is 10.4. The Kier molecular flexibility index (Phi) is 4.26. The SMILES string of the molecule is CNc1nc(C)c([N+](=O)[O-])c(NCCc2nc(C)no2)n1. The second-order valence-corrected chi connectivity index (χ2v) is 4.25. The topological polar surface area (TPSA) is 132 Å². The zero-order chi connectivity index (χ0) is 15.4. The van der Waals surface area contributed by atoms with Crippen molar-refractivity contribution in [1.82, 2.24) is 20.1 Å². The fourth-order valence-corrected chi connectivity index (χ4v) is 1.75. The van der Waals surface area contributed by atoms with Crippen LogP contribution in [0.1, 0.15) is 17.4 Å². The number of hydrogen-bond acceptors (Lipinski definition) is 9. The molecule has 21 heavy (non-hydrogen) atoms. The van der Waals surface area contributed by atoms with Gasteiger partial charge in [-0.15, -0.1) is 0 Å². The molecule has 0 unspecified atom stereocenters. The number of aryl methyl sites for hydroxylation is 2. The molecule has 0 fully saturated rings. The number of aromatic nitrogens is 4. The molecular formula is C11H15N7O3. The Balaban J connectivity index is 2.14. The van der Waals surface area contributed by atoms with E-state index in [4.69, 9.17) is 4.52 Å². The summed E-state index contributed by atoms with van der Waals surface area (Å²) in [6.07, 6.45) is 0.440. The molecule has 2 N–H and O–H groups in total. The molecular weight excluding hydrogens is 278 g/mol. The van der Waals surface area contributed by atoms with Crippen molar-refractivity contribution in [3.63, 3.8) is 0 Å². The van der Waals surface area contributed by atoms with Gasteiger partial charge in [-0.2, -0.15) is 9.97 Å². The molecule has 0 saturated carbocycles. The summed E-state index contributed by atoms with van der Waals surface area (Å²) in [7, 11) is 1.64. The van der Waals surface area contributed by atoms with Crippen molar-refractivity contribution in [3.8, 4) is 0 Å². The molecule has 0 aliphatic heterocycles. The Bertz CT molecular complexity index is 655. The first-order valence-corrected chi connectivity index (χ1v) is 6.25. The van der Waals surface area contributed by atoms with Gasteiger partial charge in [0.2, 0.25) is 17.7 Å². The van der Waals surface area contributed by atoms with Crippen molar-refractivity contribution in [1.29, 1.82) is 0 Å². The highest BCUT2D eigenvalue weighted by molar-refractivity contribution is 5.60. The highest BCUT2D eigenvalue weighted by atomic mass is 16.6. The van der Waals surface area contributed by atoms with Crippen LogP contribution in [0.4, 0.5) is 17.5 Å². The zero-order valence-electron chi connectivity index (χ0n) is 11.9. The highest BCUT2D eigenvalue weighted by Crippen LogP contribution is 2.26. The maximum atomic E-state index is 11.1. The lowest BCUT2D eigenvalue weighted by molar-refractivity contribution is -0.385. The fourth-order valence-electron chi connectivity index (χ4n) is 1.75. The van der Waals surface area contributed by atoms with Gasteiger partial charge in [0.1, 0.15) is 5.69 Å². The Morgan fingerprint density at radius 3 is 2.62 bits per heavy atom. The van der Waals surface area contributed by atoms with Gasteiger partial charge >= 0.3 is 5.69 Å². The van der Waals surface area contributed by atoms with Crippen LogP contribution in [0.15, 0.2) is 4.52 Å². The summed E-state index contributed by atoms with van der Waals surface area (Å²) in [5.41, 5.74) is 0.145. The Hall–Kier alpha value is -2.78. The van der Waals surface area contributed by atoms with E-state index in [1.165, 1.54) is 0 Å². The summed E-state index contributed by atoms with van der Waals surface area (Å²) >= 11 is 0. The molecule has 2 aromatic heterocycles. The molecule has 10 nitrogen and oxygen atoms in total. The number of anilines is 2. The first-order valence-electron chi connectivity index (χ1n) is 6.25. The lowest BCUT2D eigenvalue weighted by Crippen LogP contribution is -2.12. The minimum atomic E-state index is -0.506. The molecule has 10 heteroatoms. The van der Waals surface area contributed by atoms with Gasteiger partial charge in [-0.3, -0.25) is 10.1 Å². The summed E-state index contributed by atoms with van der Waals surface area (Å²) in [6, 6.07) is 0. The largest absolute Gasteiger partial charge is 0.364 e. The van der Waals surface area contributed by atoms with Gasteiger partial charge in [0.15, 0.2) is 5.82 Å².